The van der Waals surface area contributed by atoms with Gasteiger partial charge in [-0.05, 0) is 0 Å². The van der Waals surface area contributed by atoms with E-state index in [4.69, 9.17) is 4.52 Å². The van der Waals surface area contributed by atoms with Gasteiger partial charge in [0.05, 0.1) is 18.7 Å². The molecule has 1 N–H and O–H groups in total. The van der Waals surface area contributed by atoms with Crippen LogP contribution in [0.5, 0.6) is 0 Å². The Morgan fingerprint density at radius 2 is 2.37 bits per heavy atom. The second kappa shape index (κ2) is 4.42. The number of amides is 1. The minimum atomic E-state index is -0.241. The number of aromatic amines is 1. The van der Waals surface area contributed by atoms with E-state index in [-0.39, 0.29) is 17.4 Å². The van der Waals surface area contributed by atoms with Gasteiger partial charge >= 0.3 is 0 Å². The van der Waals surface area contributed by atoms with Gasteiger partial charge in [0.25, 0.3) is 5.56 Å². The van der Waals surface area contributed by atoms with Gasteiger partial charge in [-0.25, -0.2) is 4.98 Å². The molecule has 7 nitrogen and oxygen atoms in total. The van der Waals surface area contributed by atoms with Crippen molar-refractivity contribution in [3.05, 3.63) is 40.4 Å². The van der Waals surface area contributed by atoms with E-state index in [1.807, 2.05) is 11.6 Å². The van der Waals surface area contributed by atoms with Crippen molar-refractivity contribution in [1.29, 1.82) is 0 Å². The van der Waals surface area contributed by atoms with Crippen LogP contribution >= 0.6 is 0 Å². The van der Waals surface area contributed by atoms with Crippen molar-refractivity contribution in [3.63, 3.8) is 0 Å². The third-order valence-electron chi connectivity index (χ3n) is 3.43. The summed E-state index contributed by atoms with van der Waals surface area (Å²) in [5.74, 6) is 0.807. The highest BCUT2D eigenvalue weighted by molar-refractivity contribution is 5.79. The van der Waals surface area contributed by atoms with Gasteiger partial charge < -0.3 is 14.0 Å². The lowest BCUT2D eigenvalue weighted by atomic mass is 9.97. The van der Waals surface area contributed by atoms with E-state index in [0.29, 0.717) is 25.3 Å². The fraction of sp³-hybridized carbons (Fsp3) is 0.417. The molecule has 1 aliphatic rings. The van der Waals surface area contributed by atoms with Crippen LogP contribution in [0.3, 0.4) is 0 Å². The Morgan fingerprint density at radius 3 is 2.95 bits per heavy atom. The van der Waals surface area contributed by atoms with E-state index >= 15 is 0 Å². The molecule has 1 aliphatic heterocycles. The van der Waals surface area contributed by atoms with Gasteiger partial charge in [-0.1, -0.05) is 0 Å². The van der Waals surface area contributed by atoms with Crippen molar-refractivity contribution >= 4 is 5.91 Å². The third kappa shape index (κ3) is 2.18. The number of nitrogens with one attached hydrogen (secondary N) is 1. The van der Waals surface area contributed by atoms with Gasteiger partial charge in [0.15, 0.2) is 0 Å². The predicted octanol–water partition coefficient (Wildman–Crippen LogP) is -0.130. The van der Waals surface area contributed by atoms with Crippen LogP contribution in [0.1, 0.15) is 17.4 Å². The molecule has 3 heterocycles. The lowest BCUT2D eigenvalue weighted by molar-refractivity contribution is -0.135. The molecule has 1 amide bonds. The normalized spacial score (nSPS) is 15.5. The number of rotatable bonds is 3. The third-order valence-corrected chi connectivity index (χ3v) is 3.43. The first-order chi connectivity index (χ1) is 9.13. The van der Waals surface area contributed by atoms with Gasteiger partial charge in [0.2, 0.25) is 5.91 Å². The van der Waals surface area contributed by atoms with Crippen LogP contribution in [0.2, 0.25) is 0 Å². The van der Waals surface area contributed by atoms with Crippen molar-refractivity contribution in [2.75, 3.05) is 13.1 Å². The lowest BCUT2D eigenvalue weighted by Gasteiger charge is -2.37. The number of hydrogen-bond acceptors (Lipinski definition) is 4. The summed E-state index contributed by atoms with van der Waals surface area (Å²) in [6, 6.07) is 1.44. The van der Waals surface area contributed by atoms with E-state index in [9.17, 15) is 9.59 Å². The molecule has 19 heavy (non-hydrogen) atoms. The Labute approximate surface area is 108 Å². The van der Waals surface area contributed by atoms with Crippen LogP contribution < -0.4 is 5.56 Å². The summed E-state index contributed by atoms with van der Waals surface area (Å²) >= 11 is 0. The first-order valence-corrected chi connectivity index (χ1v) is 6.05. The average Bonchev–Trinajstić information content (AvgIpc) is 2.87. The second-order valence-electron chi connectivity index (χ2n) is 4.78. The molecule has 0 radical (unpaired) electrons. The Morgan fingerprint density at radius 1 is 1.58 bits per heavy atom. The summed E-state index contributed by atoms with van der Waals surface area (Å²) in [4.78, 5) is 28.7. The van der Waals surface area contributed by atoms with Crippen LogP contribution in [-0.2, 0) is 18.3 Å². The van der Waals surface area contributed by atoms with Gasteiger partial charge in [-0.2, -0.15) is 5.16 Å². The Balaban J connectivity index is 1.57. The number of likely N-dealkylation sites (tertiary alicyclic amines) is 1. The van der Waals surface area contributed by atoms with E-state index in [0.717, 1.165) is 5.69 Å². The largest absolute Gasteiger partial charge is 0.383 e. The minimum Gasteiger partial charge on any atom is -0.383 e. The molecular formula is C12H14N4O3. The number of imidazole rings is 1. The Kier molecular flexibility index (Phi) is 2.73. The Bertz CT molecular complexity index is 648. The molecule has 0 saturated carbocycles. The van der Waals surface area contributed by atoms with Crippen LogP contribution in [0.15, 0.2) is 27.9 Å². The van der Waals surface area contributed by atoms with Crippen molar-refractivity contribution in [1.82, 2.24) is 19.6 Å². The highest BCUT2D eigenvalue weighted by Gasteiger charge is 2.34. The standard InChI is InChI=1S/C12H14N4O3/c1-15-7-13-4-9(15)2-12(18)16-5-8(6-16)10-3-11(17)14-19-10/h3-4,7-8H,2,5-6H2,1H3,(H,14,17). The topological polar surface area (TPSA) is 84.1 Å². The number of nitrogens with zero attached hydrogens (tertiary/aromatic N) is 3. The zero-order chi connectivity index (χ0) is 13.4. The smallest absolute Gasteiger partial charge is 0.280 e. The monoisotopic (exact) mass is 262 g/mol. The summed E-state index contributed by atoms with van der Waals surface area (Å²) in [6.07, 6.45) is 3.72. The van der Waals surface area contributed by atoms with Crippen LogP contribution in [0, 0.1) is 0 Å². The summed E-state index contributed by atoms with van der Waals surface area (Å²) < 4.78 is 6.87. The molecule has 3 rings (SSSR count). The van der Waals surface area contributed by atoms with E-state index in [2.05, 4.69) is 10.1 Å². The van der Waals surface area contributed by atoms with Crippen molar-refractivity contribution in [2.45, 2.75) is 12.3 Å². The molecule has 1 fully saturated rings. The summed E-state index contributed by atoms with van der Waals surface area (Å²) in [5, 5.41) is 2.26. The maximum absolute atomic E-state index is 12.0. The number of aryl methyl sites for hydroxylation is 1. The minimum absolute atomic E-state index is 0.0673. The molecule has 0 aliphatic carbocycles. The predicted molar refractivity (Wildman–Crippen MR) is 65.6 cm³/mol. The summed E-state index contributed by atoms with van der Waals surface area (Å²) in [7, 11) is 1.86. The van der Waals surface area contributed by atoms with Gasteiger partial charge in [0, 0.05) is 38.1 Å². The molecule has 1 saturated heterocycles. The maximum Gasteiger partial charge on any atom is 0.280 e. The van der Waals surface area contributed by atoms with Crippen LogP contribution in [-0.4, -0.2) is 38.6 Å². The van der Waals surface area contributed by atoms with Crippen molar-refractivity contribution < 1.29 is 9.32 Å². The molecule has 0 unspecified atom stereocenters. The summed E-state index contributed by atoms with van der Waals surface area (Å²) in [5.41, 5.74) is 0.649. The molecule has 2 aromatic rings. The van der Waals surface area contributed by atoms with Crippen molar-refractivity contribution in [2.24, 2.45) is 7.05 Å². The molecule has 0 bridgehead atoms. The van der Waals surface area contributed by atoms with Crippen LogP contribution in [0.4, 0.5) is 0 Å². The van der Waals surface area contributed by atoms with Gasteiger partial charge in [0.1, 0.15) is 5.76 Å². The lowest BCUT2D eigenvalue weighted by Crippen LogP contribution is -2.49. The first kappa shape index (κ1) is 11.8. The van der Waals surface area contributed by atoms with E-state index < -0.39 is 0 Å². The molecular weight excluding hydrogens is 248 g/mol. The molecule has 2 aromatic heterocycles. The maximum atomic E-state index is 12.0. The zero-order valence-electron chi connectivity index (χ0n) is 10.5. The summed E-state index contributed by atoms with van der Waals surface area (Å²) in [6.45, 7) is 1.19. The second-order valence-corrected chi connectivity index (χ2v) is 4.78. The number of carbonyl (C=O) groups excluding carboxylic acids is 1. The number of H-pyrrole nitrogens is 1. The highest BCUT2D eigenvalue weighted by Crippen LogP contribution is 2.26. The molecule has 0 aromatic carbocycles. The van der Waals surface area contributed by atoms with Crippen LogP contribution in [0.25, 0.3) is 0 Å². The fourth-order valence-corrected chi connectivity index (χ4v) is 2.18. The zero-order valence-corrected chi connectivity index (χ0v) is 10.5. The van der Waals surface area contributed by atoms with E-state index in [1.165, 1.54) is 6.07 Å². The number of hydrogen-bond donors (Lipinski definition) is 1. The molecule has 0 spiro atoms. The number of carbonyl (C=O) groups is 1. The van der Waals surface area contributed by atoms with Crippen molar-refractivity contribution in [3.8, 4) is 0 Å². The SMILES string of the molecule is Cn1cncc1CC(=O)N1CC(c2cc(=O)[nH]o2)C1. The molecule has 100 valence electrons. The quantitative estimate of drug-likeness (QED) is 0.835. The fourth-order valence-electron chi connectivity index (χ4n) is 2.18. The first-order valence-electron chi connectivity index (χ1n) is 6.05. The highest BCUT2D eigenvalue weighted by atomic mass is 16.5. The molecule has 7 heteroatoms. The molecule has 0 atom stereocenters. The van der Waals surface area contributed by atoms with Gasteiger partial charge in [-0.3, -0.25) is 9.59 Å². The van der Waals surface area contributed by atoms with Gasteiger partial charge in [-0.15, -0.1) is 0 Å². The average molecular weight is 262 g/mol. The Hall–Kier alpha value is -2.31. The number of aromatic nitrogens is 3. The van der Waals surface area contributed by atoms with E-state index in [1.54, 1.807) is 17.4 Å².